The predicted molar refractivity (Wildman–Crippen MR) is 76.4 cm³/mol. The first kappa shape index (κ1) is 15.4. The number of hydrogen-bond donors (Lipinski definition) is 2. The van der Waals surface area contributed by atoms with Gasteiger partial charge in [-0.2, -0.15) is 4.39 Å². The monoisotopic (exact) mass is 295 g/mol. The van der Waals surface area contributed by atoms with Gasteiger partial charge in [-0.1, -0.05) is 13.8 Å². The lowest BCUT2D eigenvalue weighted by Crippen LogP contribution is -2.42. The Morgan fingerprint density at radius 1 is 1.52 bits per heavy atom. The Bertz CT molecular complexity index is 569. The van der Waals surface area contributed by atoms with Crippen LogP contribution in [0.25, 0.3) is 0 Å². The Hall–Kier alpha value is -2.02. The van der Waals surface area contributed by atoms with E-state index in [1.807, 2.05) is 13.8 Å². The highest BCUT2D eigenvalue weighted by Gasteiger charge is 2.43. The zero-order chi connectivity index (χ0) is 15.6. The summed E-state index contributed by atoms with van der Waals surface area (Å²) in [7, 11) is 0. The van der Waals surface area contributed by atoms with Crippen LogP contribution in [0.2, 0.25) is 0 Å². The van der Waals surface area contributed by atoms with Crippen molar-refractivity contribution in [2.24, 2.45) is 11.3 Å². The molecule has 1 atom stereocenters. The minimum absolute atomic E-state index is 0.135. The molecule has 7 heteroatoms. The number of amides is 1. The number of rotatable bonds is 4. The smallest absolute Gasteiger partial charge is 0.304 e. The highest BCUT2D eigenvalue weighted by atomic mass is 19.1. The first-order valence-electron chi connectivity index (χ1n) is 6.83. The first-order chi connectivity index (χ1) is 9.86. The Kier molecular flexibility index (Phi) is 4.22. The number of benzene rings is 1. The second-order valence-corrected chi connectivity index (χ2v) is 5.62. The van der Waals surface area contributed by atoms with Crippen LogP contribution in [0, 0.1) is 27.3 Å². The third-order valence-corrected chi connectivity index (χ3v) is 4.15. The summed E-state index contributed by atoms with van der Waals surface area (Å²) < 4.78 is 13.6. The zero-order valence-electron chi connectivity index (χ0n) is 12.0. The van der Waals surface area contributed by atoms with Crippen LogP contribution in [0.1, 0.15) is 20.3 Å². The van der Waals surface area contributed by atoms with E-state index in [1.165, 1.54) is 6.07 Å². The summed E-state index contributed by atoms with van der Waals surface area (Å²) in [4.78, 5) is 22.3. The number of hydrogen-bond acceptors (Lipinski definition) is 4. The maximum absolute atomic E-state index is 13.6. The summed E-state index contributed by atoms with van der Waals surface area (Å²) in [5.74, 6) is -1.01. The number of nitro groups is 1. The van der Waals surface area contributed by atoms with Crippen LogP contribution >= 0.6 is 0 Å². The topological polar surface area (TPSA) is 84.3 Å². The number of anilines is 1. The van der Waals surface area contributed by atoms with Crippen LogP contribution in [-0.4, -0.2) is 23.9 Å². The summed E-state index contributed by atoms with van der Waals surface area (Å²) in [5.41, 5.74) is -0.901. The molecule has 2 N–H and O–H groups in total. The van der Waals surface area contributed by atoms with E-state index in [-0.39, 0.29) is 17.5 Å². The lowest BCUT2D eigenvalue weighted by molar-refractivity contribution is -0.387. The van der Waals surface area contributed by atoms with Crippen LogP contribution in [0.3, 0.4) is 0 Å². The van der Waals surface area contributed by atoms with Gasteiger partial charge < -0.3 is 10.6 Å². The fourth-order valence-corrected chi connectivity index (χ4v) is 2.65. The molecule has 0 bridgehead atoms. The van der Waals surface area contributed by atoms with Crippen molar-refractivity contribution in [1.82, 2.24) is 5.32 Å². The molecule has 1 heterocycles. The number of nitrogens with one attached hydrogen (secondary N) is 2. The van der Waals surface area contributed by atoms with Gasteiger partial charge in [0.1, 0.15) is 0 Å². The minimum atomic E-state index is -0.957. The van der Waals surface area contributed by atoms with Crippen molar-refractivity contribution in [3.8, 4) is 0 Å². The van der Waals surface area contributed by atoms with Crippen molar-refractivity contribution >= 4 is 17.3 Å². The summed E-state index contributed by atoms with van der Waals surface area (Å²) in [6.45, 7) is 5.29. The van der Waals surface area contributed by atoms with Gasteiger partial charge in [-0.05, 0) is 24.9 Å². The average molecular weight is 295 g/mol. The summed E-state index contributed by atoms with van der Waals surface area (Å²) in [5, 5.41) is 16.4. The van der Waals surface area contributed by atoms with Crippen molar-refractivity contribution in [1.29, 1.82) is 0 Å². The molecule has 0 saturated carbocycles. The molecule has 0 aromatic heterocycles. The van der Waals surface area contributed by atoms with Crippen LogP contribution in [0.4, 0.5) is 15.8 Å². The van der Waals surface area contributed by atoms with E-state index in [0.29, 0.717) is 13.0 Å². The SMILES string of the molecule is CC(C)C1(C(=O)Nc2ccc([N+](=O)[O-])c(F)c2)CCNC1. The summed E-state index contributed by atoms with van der Waals surface area (Å²) in [6.07, 6.45) is 0.714. The van der Waals surface area contributed by atoms with E-state index in [2.05, 4.69) is 10.6 Å². The number of carbonyl (C=O) groups is 1. The Morgan fingerprint density at radius 3 is 2.71 bits per heavy atom. The molecule has 0 spiro atoms. The van der Waals surface area contributed by atoms with Crippen molar-refractivity contribution in [3.05, 3.63) is 34.1 Å². The van der Waals surface area contributed by atoms with Gasteiger partial charge in [-0.25, -0.2) is 0 Å². The number of nitro benzene ring substituents is 1. The highest BCUT2D eigenvalue weighted by Crippen LogP contribution is 2.35. The third kappa shape index (κ3) is 2.87. The molecule has 1 aromatic rings. The van der Waals surface area contributed by atoms with Gasteiger partial charge in [-0.15, -0.1) is 0 Å². The van der Waals surface area contributed by atoms with Crippen molar-refractivity contribution < 1.29 is 14.1 Å². The standard InChI is InChI=1S/C14H18FN3O3/c1-9(2)14(5-6-16-8-14)13(19)17-10-3-4-12(18(20)21)11(15)7-10/h3-4,7,9,16H,5-6,8H2,1-2H3,(H,17,19). The lowest BCUT2D eigenvalue weighted by atomic mass is 9.75. The highest BCUT2D eigenvalue weighted by molar-refractivity contribution is 5.96. The van der Waals surface area contributed by atoms with E-state index in [9.17, 15) is 19.3 Å². The molecule has 1 aromatic carbocycles. The van der Waals surface area contributed by atoms with Gasteiger partial charge in [-0.3, -0.25) is 14.9 Å². The zero-order valence-corrected chi connectivity index (χ0v) is 12.0. The van der Waals surface area contributed by atoms with Crippen molar-refractivity contribution in [2.45, 2.75) is 20.3 Å². The first-order valence-corrected chi connectivity index (χ1v) is 6.83. The lowest BCUT2D eigenvalue weighted by Gasteiger charge is -2.31. The maximum Gasteiger partial charge on any atom is 0.304 e. The number of halogens is 1. The fourth-order valence-electron chi connectivity index (χ4n) is 2.65. The van der Waals surface area contributed by atoms with Gasteiger partial charge >= 0.3 is 5.69 Å². The molecule has 6 nitrogen and oxygen atoms in total. The molecular formula is C14H18FN3O3. The molecule has 1 saturated heterocycles. The number of carbonyl (C=O) groups excluding carboxylic acids is 1. The normalized spacial score (nSPS) is 21.5. The van der Waals surface area contributed by atoms with Crippen LogP contribution in [0.15, 0.2) is 18.2 Å². The summed E-state index contributed by atoms with van der Waals surface area (Å²) >= 11 is 0. The fraction of sp³-hybridized carbons (Fsp3) is 0.500. The van der Waals surface area contributed by atoms with Gasteiger partial charge in [0.05, 0.1) is 10.3 Å². The molecule has 1 aliphatic rings. The van der Waals surface area contributed by atoms with E-state index >= 15 is 0 Å². The van der Waals surface area contributed by atoms with E-state index in [4.69, 9.17) is 0 Å². The van der Waals surface area contributed by atoms with Crippen molar-refractivity contribution in [3.63, 3.8) is 0 Å². The van der Waals surface area contributed by atoms with Crippen molar-refractivity contribution in [2.75, 3.05) is 18.4 Å². The van der Waals surface area contributed by atoms with Gasteiger partial charge in [0, 0.05) is 24.4 Å². The molecule has 1 aliphatic heterocycles. The summed E-state index contributed by atoms with van der Waals surface area (Å²) in [6, 6.07) is 3.38. The van der Waals surface area contributed by atoms with Gasteiger partial charge in [0.15, 0.2) is 0 Å². The molecule has 2 rings (SSSR count). The molecule has 1 amide bonds. The second-order valence-electron chi connectivity index (χ2n) is 5.62. The van der Waals surface area contributed by atoms with E-state index < -0.39 is 21.8 Å². The average Bonchev–Trinajstić information content (AvgIpc) is 2.88. The van der Waals surface area contributed by atoms with E-state index in [1.54, 1.807) is 0 Å². The Morgan fingerprint density at radius 2 is 2.24 bits per heavy atom. The molecule has 21 heavy (non-hydrogen) atoms. The molecule has 0 aliphatic carbocycles. The second kappa shape index (κ2) is 5.77. The third-order valence-electron chi connectivity index (χ3n) is 4.15. The van der Waals surface area contributed by atoms with Gasteiger partial charge in [0.2, 0.25) is 11.7 Å². The number of nitrogens with zero attached hydrogens (tertiary/aromatic N) is 1. The van der Waals surface area contributed by atoms with E-state index in [0.717, 1.165) is 18.7 Å². The van der Waals surface area contributed by atoms with Crippen LogP contribution < -0.4 is 10.6 Å². The molecule has 1 fully saturated rings. The molecule has 114 valence electrons. The van der Waals surface area contributed by atoms with Crippen LogP contribution in [0.5, 0.6) is 0 Å². The predicted octanol–water partition coefficient (Wildman–Crippen LogP) is 2.31. The molecular weight excluding hydrogens is 277 g/mol. The quantitative estimate of drug-likeness (QED) is 0.659. The minimum Gasteiger partial charge on any atom is -0.325 e. The van der Waals surface area contributed by atoms with Gasteiger partial charge in [0.25, 0.3) is 0 Å². The maximum atomic E-state index is 13.6. The molecule has 0 radical (unpaired) electrons. The Labute approximate surface area is 121 Å². The molecule has 1 unspecified atom stereocenters. The Balaban J connectivity index is 2.19. The van der Waals surface area contributed by atoms with Crippen LogP contribution in [-0.2, 0) is 4.79 Å². The largest absolute Gasteiger partial charge is 0.325 e.